The summed E-state index contributed by atoms with van der Waals surface area (Å²) in [6.45, 7) is 1.77. The van der Waals surface area contributed by atoms with Crippen LogP contribution in [0.5, 0.6) is 0 Å². The van der Waals surface area contributed by atoms with E-state index < -0.39 is 0 Å². The van der Waals surface area contributed by atoms with Crippen LogP contribution in [0.2, 0.25) is 0 Å². The zero-order chi connectivity index (χ0) is 16.7. The number of carbonyl (C=O) groups is 1. The first-order valence-corrected chi connectivity index (χ1v) is 8.04. The van der Waals surface area contributed by atoms with Crippen LogP contribution in [-0.2, 0) is 24.9 Å². The van der Waals surface area contributed by atoms with Gasteiger partial charge in [0.05, 0.1) is 30.5 Å². The summed E-state index contributed by atoms with van der Waals surface area (Å²) in [6.07, 6.45) is 3.62. The zero-order valence-electron chi connectivity index (χ0n) is 13.8. The number of carbonyl (C=O) groups excluding carboxylic acids is 1. The highest BCUT2D eigenvalue weighted by Gasteiger charge is 2.27. The van der Waals surface area contributed by atoms with Crippen LogP contribution >= 0.6 is 0 Å². The summed E-state index contributed by atoms with van der Waals surface area (Å²) < 4.78 is 9.47. The van der Waals surface area contributed by atoms with Gasteiger partial charge in [-0.1, -0.05) is 18.2 Å². The van der Waals surface area contributed by atoms with Crippen molar-refractivity contribution in [3.63, 3.8) is 0 Å². The summed E-state index contributed by atoms with van der Waals surface area (Å²) in [6, 6.07) is 9.94. The lowest BCUT2D eigenvalue weighted by molar-refractivity contribution is 0.0451. The van der Waals surface area contributed by atoms with Crippen LogP contribution in [0, 0.1) is 0 Å². The molecule has 124 valence electrons. The molecule has 1 unspecified atom stereocenters. The number of nitrogens with zero attached hydrogens (tertiary/aromatic N) is 4. The minimum Gasteiger partial charge on any atom is -0.378 e. The third-order valence-corrected chi connectivity index (χ3v) is 4.71. The van der Waals surface area contributed by atoms with Crippen LogP contribution in [0.15, 0.2) is 42.7 Å². The standard InChI is InChI=1S/C18H20N4O2/c1-20-12-16(15-5-3-4-6-17(15)20)18(23)21-9-13-7-8-19-22(13)11-14(10-21)24-2/h3-8,12,14H,9-11H2,1-2H3. The van der Waals surface area contributed by atoms with E-state index in [0.29, 0.717) is 19.6 Å². The number of aryl methyl sites for hydroxylation is 1. The molecule has 6 nitrogen and oxygen atoms in total. The van der Waals surface area contributed by atoms with Crippen molar-refractivity contribution in [2.24, 2.45) is 7.05 Å². The molecule has 1 aromatic carbocycles. The molecule has 1 aliphatic heterocycles. The van der Waals surface area contributed by atoms with E-state index in [-0.39, 0.29) is 12.0 Å². The van der Waals surface area contributed by atoms with Crippen LogP contribution in [0.1, 0.15) is 16.1 Å². The Hall–Kier alpha value is -2.60. The van der Waals surface area contributed by atoms with Gasteiger partial charge in [0.15, 0.2) is 0 Å². The lowest BCUT2D eigenvalue weighted by atomic mass is 10.1. The smallest absolute Gasteiger partial charge is 0.256 e. The van der Waals surface area contributed by atoms with Crippen molar-refractivity contribution in [3.05, 3.63) is 54.0 Å². The predicted molar refractivity (Wildman–Crippen MR) is 90.7 cm³/mol. The molecule has 24 heavy (non-hydrogen) atoms. The maximum Gasteiger partial charge on any atom is 0.256 e. The fourth-order valence-electron chi connectivity index (χ4n) is 3.40. The number of fused-ring (bicyclic) bond motifs is 2. The number of methoxy groups -OCH3 is 1. The molecule has 1 amide bonds. The third kappa shape index (κ3) is 2.39. The van der Waals surface area contributed by atoms with Gasteiger partial charge in [0.1, 0.15) is 0 Å². The Morgan fingerprint density at radius 1 is 1.25 bits per heavy atom. The molecule has 0 spiro atoms. The van der Waals surface area contributed by atoms with Gasteiger partial charge in [0.25, 0.3) is 5.91 Å². The fourth-order valence-corrected chi connectivity index (χ4v) is 3.40. The van der Waals surface area contributed by atoms with Crippen molar-refractivity contribution in [2.45, 2.75) is 19.2 Å². The molecule has 0 saturated heterocycles. The quantitative estimate of drug-likeness (QED) is 0.725. The highest BCUT2D eigenvalue weighted by Crippen LogP contribution is 2.23. The molecule has 0 N–H and O–H groups in total. The molecule has 3 heterocycles. The number of amides is 1. The number of ether oxygens (including phenoxy) is 1. The Morgan fingerprint density at radius 3 is 2.92 bits per heavy atom. The predicted octanol–water partition coefficient (Wildman–Crippen LogP) is 2.05. The second-order valence-corrected chi connectivity index (χ2v) is 6.22. The van der Waals surface area contributed by atoms with Crippen LogP contribution in [0.25, 0.3) is 10.9 Å². The minimum absolute atomic E-state index is 0.0310. The molecule has 1 atom stereocenters. The van der Waals surface area contributed by atoms with E-state index in [2.05, 4.69) is 5.10 Å². The molecule has 0 aliphatic carbocycles. The van der Waals surface area contributed by atoms with Crippen LogP contribution in [0.4, 0.5) is 0 Å². The van der Waals surface area contributed by atoms with Gasteiger partial charge in [-0.2, -0.15) is 5.10 Å². The maximum absolute atomic E-state index is 13.2. The van der Waals surface area contributed by atoms with Crippen LogP contribution < -0.4 is 0 Å². The SMILES string of the molecule is COC1CN(C(=O)c2cn(C)c3ccccc23)Cc2ccnn2C1. The molecule has 0 bridgehead atoms. The Balaban J connectivity index is 1.73. The van der Waals surface area contributed by atoms with E-state index in [1.807, 2.05) is 57.7 Å². The fraction of sp³-hybridized carbons (Fsp3) is 0.333. The van der Waals surface area contributed by atoms with Crippen LogP contribution in [0.3, 0.4) is 0 Å². The van der Waals surface area contributed by atoms with Gasteiger partial charge >= 0.3 is 0 Å². The molecule has 2 aromatic heterocycles. The van der Waals surface area contributed by atoms with Crippen molar-refractivity contribution < 1.29 is 9.53 Å². The van der Waals surface area contributed by atoms with E-state index in [0.717, 1.165) is 22.2 Å². The second-order valence-electron chi connectivity index (χ2n) is 6.22. The molecular formula is C18H20N4O2. The number of aromatic nitrogens is 3. The van der Waals surface area contributed by atoms with E-state index in [1.54, 1.807) is 13.3 Å². The average Bonchev–Trinajstić information content (AvgIpc) is 3.13. The molecule has 0 fully saturated rings. The van der Waals surface area contributed by atoms with Gasteiger partial charge in [-0.25, -0.2) is 0 Å². The topological polar surface area (TPSA) is 52.3 Å². The van der Waals surface area contributed by atoms with Crippen LogP contribution in [-0.4, -0.2) is 44.9 Å². The first-order chi connectivity index (χ1) is 11.7. The van der Waals surface area contributed by atoms with Gasteiger partial charge in [-0.15, -0.1) is 0 Å². The Morgan fingerprint density at radius 2 is 2.08 bits per heavy atom. The van der Waals surface area contributed by atoms with Crippen molar-refractivity contribution >= 4 is 16.8 Å². The van der Waals surface area contributed by atoms with Crippen molar-refractivity contribution in [2.75, 3.05) is 13.7 Å². The highest BCUT2D eigenvalue weighted by molar-refractivity contribution is 6.07. The van der Waals surface area contributed by atoms with Gasteiger partial charge in [0, 0.05) is 44.0 Å². The summed E-state index contributed by atoms with van der Waals surface area (Å²) in [4.78, 5) is 15.1. The maximum atomic E-state index is 13.2. The Bertz CT molecular complexity index is 895. The van der Waals surface area contributed by atoms with Gasteiger partial charge in [-0.05, 0) is 12.1 Å². The molecular weight excluding hydrogens is 304 g/mol. The van der Waals surface area contributed by atoms with Crippen molar-refractivity contribution in [1.82, 2.24) is 19.2 Å². The number of hydrogen-bond acceptors (Lipinski definition) is 3. The molecule has 4 rings (SSSR count). The van der Waals surface area contributed by atoms with E-state index in [4.69, 9.17) is 4.74 Å². The summed E-state index contributed by atoms with van der Waals surface area (Å²) in [7, 11) is 3.65. The first kappa shape index (κ1) is 15.0. The van der Waals surface area contributed by atoms with Gasteiger partial charge < -0.3 is 14.2 Å². The highest BCUT2D eigenvalue weighted by atomic mass is 16.5. The molecule has 3 aromatic rings. The lowest BCUT2D eigenvalue weighted by Gasteiger charge is -2.23. The average molecular weight is 324 g/mol. The van der Waals surface area contributed by atoms with E-state index in [1.165, 1.54) is 0 Å². The van der Waals surface area contributed by atoms with E-state index >= 15 is 0 Å². The monoisotopic (exact) mass is 324 g/mol. The normalized spacial score (nSPS) is 17.8. The molecule has 1 aliphatic rings. The van der Waals surface area contributed by atoms with Crippen molar-refractivity contribution in [1.29, 1.82) is 0 Å². The molecule has 6 heteroatoms. The zero-order valence-corrected chi connectivity index (χ0v) is 13.8. The Labute approximate surface area is 140 Å². The minimum atomic E-state index is -0.0647. The molecule has 0 saturated carbocycles. The van der Waals surface area contributed by atoms with Gasteiger partial charge in [0.2, 0.25) is 0 Å². The molecule has 0 radical (unpaired) electrons. The van der Waals surface area contributed by atoms with Crippen molar-refractivity contribution in [3.8, 4) is 0 Å². The number of para-hydroxylation sites is 1. The Kier molecular flexibility index (Phi) is 3.61. The summed E-state index contributed by atoms with van der Waals surface area (Å²) in [5, 5.41) is 5.31. The first-order valence-electron chi connectivity index (χ1n) is 8.04. The van der Waals surface area contributed by atoms with E-state index in [9.17, 15) is 4.79 Å². The summed E-state index contributed by atoms with van der Waals surface area (Å²) >= 11 is 0. The largest absolute Gasteiger partial charge is 0.378 e. The lowest BCUT2D eigenvalue weighted by Crippen LogP contribution is -2.36. The number of rotatable bonds is 2. The third-order valence-electron chi connectivity index (χ3n) is 4.71. The van der Waals surface area contributed by atoms with Gasteiger partial charge in [-0.3, -0.25) is 9.48 Å². The number of hydrogen-bond donors (Lipinski definition) is 0. The number of benzene rings is 1. The summed E-state index contributed by atoms with van der Waals surface area (Å²) in [5.41, 5.74) is 2.82. The second kappa shape index (κ2) is 5.79. The summed E-state index contributed by atoms with van der Waals surface area (Å²) in [5.74, 6) is 0.0310.